The summed E-state index contributed by atoms with van der Waals surface area (Å²) in [6.07, 6.45) is -4.92. The van der Waals surface area contributed by atoms with Gasteiger partial charge in [0.25, 0.3) is 0 Å². The van der Waals surface area contributed by atoms with Gasteiger partial charge in [-0.15, -0.1) is 8.58 Å². The largest absolute Gasteiger partial charge is 0.462 e. The van der Waals surface area contributed by atoms with Crippen molar-refractivity contribution in [2.24, 2.45) is 0 Å². The van der Waals surface area contributed by atoms with Gasteiger partial charge >= 0.3 is 5.97 Å². The summed E-state index contributed by atoms with van der Waals surface area (Å²) in [6, 6.07) is 0. The highest BCUT2D eigenvalue weighted by Gasteiger charge is 2.27. The van der Waals surface area contributed by atoms with Crippen LogP contribution in [0.1, 0.15) is 20.3 Å². The Balaban J connectivity index is 4.08. The molecule has 18 heavy (non-hydrogen) atoms. The SMILES string of the molecule is CPC(C)C(=O)OCC(O)C(O)[C@H](O)CC(C)O. The minimum Gasteiger partial charge on any atom is -0.462 e. The lowest BCUT2D eigenvalue weighted by atomic mass is 10.0. The van der Waals surface area contributed by atoms with Gasteiger partial charge in [0.15, 0.2) is 0 Å². The van der Waals surface area contributed by atoms with E-state index in [1.54, 1.807) is 6.92 Å². The van der Waals surface area contributed by atoms with E-state index >= 15 is 0 Å². The van der Waals surface area contributed by atoms with E-state index in [0.29, 0.717) is 8.58 Å². The molecule has 0 saturated carbocycles. The number of aliphatic hydroxyl groups is 4. The molecule has 108 valence electrons. The van der Waals surface area contributed by atoms with Gasteiger partial charge < -0.3 is 25.2 Å². The Morgan fingerprint density at radius 1 is 1.17 bits per heavy atom. The fourth-order valence-corrected chi connectivity index (χ4v) is 1.57. The Labute approximate surface area is 109 Å². The average Bonchev–Trinajstić information content (AvgIpc) is 2.32. The third-order valence-corrected chi connectivity index (χ3v) is 3.66. The Morgan fingerprint density at radius 3 is 2.17 bits per heavy atom. The summed E-state index contributed by atoms with van der Waals surface area (Å²) in [6.45, 7) is 4.67. The van der Waals surface area contributed by atoms with Crippen LogP contribution in [-0.4, -0.2) is 69.7 Å². The quantitative estimate of drug-likeness (QED) is 0.339. The van der Waals surface area contributed by atoms with E-state index in [-0.39, 0.29) is 18.7 Å². The summed E-state index contributed by atoms with van der Waals surface area (Å²) >= 11 is 0. The molecule has 4 N–H and O–H groups in total. The van der Waals surface area contributed by atoms with Crippen LogP contribution in [0.3, 0.4) is 0 Å². The molecular weight excluding hydrogens is 259 g/mol. The van der Waals surface area contributed by atoms with Gasteiger partial charge in [0.1, 0.15) is 18.8 Å². The predicted octanol–water partition coefficient (Wildman–Crippen LogP) is -0.920. The van der Waals surface area contributed by atoms with Crippen LogP contribution in [0.5, 0.6) is 0 Å². The number of aliphatic hydroxyl groups excluding tert-OH is 4. The first-order valence-corrected chi connectivity index (χ1v) is 7.43. The highest BCUT2D eigenvalue weighted by Crippen LogP contribution is 2.15. The zero-order chi connectivity index (χ0) is 14.3. The van der Waals surface area contributed by atoms with Crippen LogP contribution in [0.15, 0.2) is 0 Å². The Morgan fingerprint density at radius 2 is 1.72 bits per heavy atom. The van der Waals surface area contributed by atoms with Crippen molar-refractivity contribution in [3.05, 3.63) is 0 Å². The van der Waals surface area contributed by atoms with E-state index in [2.05, 4.69) is 0 Å². The van der Waals surface area contributed by atoms with Crippen molar-refractivity contribution < 1.29 is 30.0 Å². The molecule has 0 amide bonds. The number of carbonyl (C=O) groups is 1. The van der Waals surface area contributed by atoms with Gasteiger partial charge in [-0.2, -0.15) is 0 Å². The summed E-state index contributed by atoms with van der Waals surface area (Å²) < 4.78 is 4.82. The van der Waals surface area contributed by atoms with Crippen LogP contribution in [0.25, 0.3) is 0 Å². The van der Waals surface area contributed by atoms with E-state index in [9.17, 15) is 20.1 Å². The first-order valence-electron chi connectivity index (χ1n) is 5.85. The van der Waals surface area contributed by atoms with Crippen molar-refractivity contribution in [2.45, 2.75) is 50.3 Å². The molecule has 0 fully saturated rings. The molecule has 0 aliphatic heterocycles. The van der Waals surface area contributed by atoms with Gasteiger partial charge in [0.05, 0.1) is 17.9 Å². The Bertz CT molecular complexity index is 248. The molecule has 0 saturated heterocycles. The van der Waals surface area contributed by atoms with Crippen LogP contribution in [0, 0.1) is 0 Å². The molecule has 0 rings (SSSR count). The zero-order valence-electron chi connectivity index (χ0n) is 10.9. The number of hydrogen-bond donors (Lipinski definition) is 4. The molecule has 7 heteroatoms. The maximum Gasteiger partial charge on any atom is 0.312 e. The van der Waals surface area contributed by atoms with Crippen LogP contribution in [0.4, 0.5) is 0 Å². The Hall–Kier alpha value is -0.260. The van der Waals surface area contributed by atoms with Crippen molar-refractivity contribution >= 4 is 14.6 Å². The summed E-state index contributed by atoms with van der Waals surface area (Å²) in [5.74, 6) is -0.438. The van der Waals surface area contributed by atoms with E-state index in [0.717, 1.165) is 0 Å². The van der Waals surface area contributed by atoms with Crippen molar-refractivity contribution in [1.29, 1.82) is 0 Å². The normalized spacial score (nSPS) is 20.4. The smallest absolute Gasteiger partial charge is 0.312 e. The van der Waals surface area contributed by atoms with Crippen LogP contribution < -0.4 is 0 Å². The number of rotatable bonds is 8. The lowest BCUT2D eigenvalue weighted by molar-refractivity contribution is -0.151. The first kappa shape index (κ1) is 17.7. The number of hydrogen-bond acceptors (Lipinski definition) is 6. The van der Waals surface area contributed by atoms with E-state index in [1.165, 1.54) is 6.92 Å². The minimum absolute atomic E-state index is 0.0566. The second-order valence-corrected chi connectivity index (χ2v) is 5.79. The van der Waals surface area contributed by atoms with Crippen molar-refractivity contribution in [3.8, 4) is 0 Å². The number of esters is 1. The van der Waals surface area contributed by atoms with Gasteiger partial charge in [0.2, 0.25) is 0 Å². The fraction of sp³-hybridized carbons (Fsp3) is 0.909. The third-order valence-electron chi connectivity index (χ3n) is 2.55. The summed E-state index contributed by atoms with van der Waals surface area (Å²) in [4.78, 5) is 11.3. The average molecular weight is 282 g/mol. The lowest BCUT2D eigenvalue weighted by Crippen LogP contribution is -2.42. The molecule has 0 bridgehead atoms. The molecule has 0 aliphatic carbocycles. The molecular formula is C11H23O6P. The molecule has 0 aromatic carbocycles. The maximum atomic E-state index is 11.3. The third kappa shape index (κ3) is 6.61. The molecule has 0 spiro atoms. The predicted molar refractivity (Wildman–Crippen MR) is 69.0 cm³/mol. The highest BCUT2D eigenvalue weighted by molar-refractivity contribution is 7.39. The zero-order valence-corrected chi connectivity index (χ0v) is 11.9. The molecule has 0 heterocycles. The molecule has 6 nitrogen and oxygen atoms in total. The second-order valence-electron chi connectivity index (χ2n) is 4.35. The van der Waals surface area contributed by atoms with Crippen molar-refractivity contribution in [3.63, 3.8) is 0 Å². The van der Waals surface area contributed by atoms with Crippen molar-refractivity contribution in [2.75, 3.05) is 13.3 Å². The van der Waals surface area contributed by atoms with Crippen LogP contribution in [0.2, 0.25) is 0 Å². The monoisotopic (exact) mass is 282 g/mol. The van der Waals surface area contributed by atoms with Gasteiger partial charge in [-0.3, -0.25) is 4.79 Å². The number of carbonyl (C=O) groups excluding carboxylic acids is 1. The van der Waals surface area contributed by atoms with Gasteiger partial charge in [-0.1, -0.05) is 0 Å². The fourth-order valence-electron chi connectivity index (χ4n) is 1.25. The molecule has 0 aliphatic rings. The van der Waals surface area contributed by atoms with Gasteiger partial charge in [0, 0.05) is 6.42 Å². The van der Waals surface area contributed by atoms with Crippen LogP contribution >= 0.6 is 8.58 Å². The minimum atomic E-state index is -1.45. The van der Waals surface area contributed by atoms with Crippen LogP contribution in [-0.2, 0) is 9.53 Å². The highest BCUT2D eigenvalue weighted by atomic mass is 31.1. The van der Waals surface area contributed by atoms with Gasteiger partial charge in [-0.05, 0) is 20.5 Å². The van der Waals surface area contributed by atoms with Gasteiger partial charge in [-0.25, -0.2) is 0 Å². The molecule has 0 aromatic heterocycles. The van der Waals surface area contributed by atoms with E-state index < -0.39 is 30.4 Å². The standard InChI is InChI=1S/C11H23O6P/c1-6(12)4-8(13)10(15)9(14)5-17-11(16)7(2)18-3/h6-10,12-15,18H,4-5H2,1-3H3/t6?,7?,8-,9?,10?/m1/s1. The van der Waals surface area contributed by atoms with E-state index in [1.807, 2.05) is 6.66 Å². The summed E-state index contributed by atoms with van der Waals surface area (Å²) in [7, 11) is 0.401. The topological polar surface area (TPSA) is 107 Å². The maximum absolute atomic E-state index is 11.3. The van der Waals surface area contributed by atoms with Crippen molar-refractivity contribution in [1.82, 2.24) is 0 Å². The first-order chi connectivity index (χ1) is 8.29. The second kappa shape index (κ2) is 8.77. The molecule has 0 radical (unpaired) electrons. The molecule has 6 atom stereocenters. The molecule has 0 aromatic rings. The number of ether oxygens (including phenoxy) is 1. The van der Waals surface area contributed by atoms with E-state index in [4.69, 9.17) is 9.84 Å². The molecule has 5 unspecified atom stereocenters. The Kier molecular flexibility index (Phi) is 8.65. The lowest BCUT2D eigenvalue weighted by Gasteiger charge is -2.23. The summed E-state index contributed by atoms with van der Waals surface area (Å²) in [5.41, 5.74) is -0.239. The summed E-state index contributed by atoms with van der Waals surface area (Å²) in [5, 5.41) is 37.6.